The molecular formula is C17H19N3O2. The first-order chi connectivity index (χ1) is 10.6. The summed E-state index contributed by atoms with van der Waals surface area (Å²) in [7, 11) is 1.47. The lowest BCUT2D eigenvalue weighted by atomic mass is 10.1. The van der Waals surface area contributed by atoms with E-state index in [-0.39, 0.29) is 0 Å². The van der Waals surface area contributed by atoms with Crippen LogP contribution in [0.5, 0.6) is 0 Å². The van der Waals surface area contributed by atoms with Crippen LogP contribution in [0.25, 0.3) is 0 Å². The van der Waals surface area contributed by atoms with Crippen molar-refractivity contribution in [2.75, 3.05) is 12.4 Å². The molecule has 3 amide bonds. The molecule has 2 aromatic carbocycles. The van der Waals surface area contributed by atoms with Gasteiger partial charge in [-0.05, 0) is 30.2 Å². The molecule has 5 nitrogen and oxygen atoms in total. The maximum atomic E-state index is 12.4. The second-order valence-corrected chi connectivity index (χ2v) is 4.93. The van der Waals surface area contributed by atoms with Crippen molar-refractivity contribution < 1.29 is 9.59 Å². The van der Waals surface area contributed by atoms with E-state index in [1.807, 2.05) is 61.5 Å². The first kappa shape index (κ1) is 15.6. The Labute approximate surface area is 129 Å². The number of anilines is 1. The Hall–Kier alpha value is -2.82. The van der Waals surface area contributed by atoms with Crippen molar-refractivity contribution in [2.24, 2.45) is 0 Å². The van der Waals surface area contributed by atoms with E-state index in [1.54, 1.807) is 0 Å². The summed E-state index contributed by atoms with van der Waals surface area (Å²) in [6.45, 7) is 1.98. The van der Waals surface area contributed by atoms with Gasteiger partial charge >= 0.3 is 6.03 Å². The van der Waals surface area contributed by atoms with Gasteiger partial charge in [0.25, 0.3) is 5.91 Å². The second-order valence-electron chi connectivity index (χ2n) is 4.93. The third kappa shape index (κ3) is 4.09. The molecule has 2 rings (SSSR count). The summed E-state index contributed by atoms with van der Waals surface area (Å²) in [6.07, 6.45) is 0. The number of rotatable bonds is 4. The molecule has 0 aliphatic heterocycles. The zero-order chi connectivity index (χ0) is 15.9. The summed E-state index contributed by atoms with van der Waals surface area (Å²) in [6, 6.07) is 15.8. The number of hydrogen-bond acceptors (Lipinski definition) is 3. The molecule has 0 aliphatic rings. The minimum atomic E-state index is -0.653. The Morgan fingerprint density at radius 2 is 1.73 bits per heavy atom. The van der Waals surface area contributed by atoms with Gasteiger partial charge in [-0.2, -0.15) is 0 Å². The summed E-state index contributed by atoms with van der Waals surface area (Å²) in [5, 5.41) is 7.86. The quantitative estimate of drug-likeness (QED) is 0.812. The van der Waals surface area contributed by atoms with Crippen LogP contribution in [-0.4, -0.2) is 19.0 Å². The standard InChI is InChI=1S/C17H19N3O2/c1-12-7-6-10-14(11-12)19-15(13-8-4-3-5-9-13)16(21)20-17(22)18-2/h3-11,15,19H,1-2H3,(H2,18,20,21,22)/t15-/m0/s1. The van der Waals surface area contributed by atoms with Gasteiger partial charge in [-0.1, -0.05) is 42.5 Å². The van der Waals surface area contributed by atoms with Gasteiger partial charge in [0.15, 0.2) is 0 Å². The van der Waals surface area contributed by atoms with Crippen LogP contribution in [0.15, 0.2) is 54.6 Å². The third-order valence-electron chi connectivity index (χ3n) is 3.19. The fourth-order valence-electron chi connectivity index (χ4n) is 2.09. The summed E-state index contributed by atoms with van der Waals surface area (Å²) in [4.78, 5) is 23.8. The van der Waals surface area contributed by atoms with E-state index in [0.717, 1.165) is 16.8 Å². The van der Waals surface area contributed by atoms with E-state index in [0.29, 0.717) is 0 Å². The molecule has 0 bridgehead atoms. The summed E-state index contributed by atoms with van der Waals surface area (Å²) < 4.78 is 0. The van der Waals surface area contributed by atoms with E-state index < -0.39 is 18.0 Å². The van der Waals surface area contributed by atoms with Crippen molar-refractivity contribution in [3.8, 4) is 0 Å². The molecule has 0 radical (unpaired) electrons. The fraction of sp³-hybridized carbons (Fsp3) is 0.176. The van der Waals surface area contributed by atoms with E-state index in [2.05, 4.69) is 16.0 Å². The highest BCUT2D eigenvalue weighted by molar-refractivity contribution is 5.98. The molecule has 1 atom stereocenters. The van der Waals surface area contributed by atoms with Gasteiger partial charge in [-0.3, -0.25) is 10.1 Å². The fourth-order valence-corrected chi connectivity index (χ4v) is 2.09. The van der Waals surface area contributed by atoms with Crippen LogP contribution in [0.3, 0.4) is 0 Å². The number of benzene rings is 2. The first-order valence-corrected chi connectivity index (χ1v) is 7.01. The molecule has 0 saturated carbocycles. The molecule has 114 valence electrons. The Kier molecular flexibility index (Phi) is 5.14. The highest BCUT2D eigenvalue weighted by atomic mass is 16.2. The van der Waals surface area contributed by atoms with Crippen molar-refractivity contribution in [1.82, 2.24) is 10.6 Å². The maximum Gasteiger partial charge on any atom is 0.321 e. The summed E-state index contributed by atoms with van der Waals surface area (Å²) in [5.74, 6) is -0.410. The molecule has 2 aromatic rings. The van der Waals surface area contributed by atoms with E-state index >= 15 is 0 Å². The topological polar surface area (TPSA) is 70.2 Å². The molecule has 0 fully saturated rings. The number of imide groups is 1. The maximum absolute atomic E-state index is 12.4. The molecule has 0 aromatic heterocycles. The normalized spacial score (nSPS) is 11.4. The average Bonchev–Trinajstić information content (AvgIpc) is 2.53. The monoisotopic (exact) mass is 297 g/mol. The molecular weight excluding hydrogens is 278 g/mol. The number of urea groups is 1. The Balaban J connectivity index is 2.25. The van der Waals surface area contributed by atoms with Crippen LogP contribution in [0.2, 0.25) is 0 Å². The van der Waals surface area contributed by atoms with Gasteiger partial charge < -0.3 is 10.6 Å². The average molecular weight is 297 g/mol. The Bertz CT molecular complexity index is 656. The van der Waals surface area contributed by atoms with Crippen LogP contribution in [0.1, 0.15) is 17.2 Å². The van der Waals surface area contributed by atoms with E-state index in [1.165, 1.54) is 7.05 Å². The minimum Gasteiger partial charge on any atom is -0.370 e. The predicted octanol–water partition coefficient (Wildman–Crippen LogP) is 2.60. The number of aryl methyl sites for hydroxylation is 1. The van der Waals surface area contributed by atoms with Gasteiger partial charge in [-0.15, -0.1) is 0 Å². The molecule has 22 heavy (non-hydrogen) atoms. The van der Waals surface area contributed by atoms with Crippen LogP contribution in [0, 0.1) is 6.92 Å². The largest absolute Gasteiger partial charge is 0.370 e. The molecule has 5 heteroatoms. The second kappa shape index (κ2) is 7.26. The predicted molar refractivity (Wildman–Crippen MR) is 86.6 cm³/mol. The van der Waals surface area contributed by atoms with Crippen LogP contribution < -0.4 is 16.0 Å². The van der Waals surface area contributed by atoms with Crippen molar-refractivity contribution >= 4 is 17.6 Å². The van der Waals surface area contributed by atoms with Crippen molar-refractivity contribution in [3.05, 3.63) is 65.7 Å². The summed E-state index contributed by atoms with van der Waals surface area (Å²) in [5.41, 5.74) is 2.69. The van der Waals surface area contributed by atoms with Gasteiger partial charge in [0.1, 0.15) is 6.04 Å². The number of nitrogens with one attached hydrogen (secondary N) is 3. The van der Waals surface area contributed by atoms with Gasteiger partial charge in [-0.25, -0.2) is 4.79 Å². The highest BCUT2D eigenvalue weighted by Gasteiger charge is 2.21. The minimum absolute atomic E-state index is 0.410. The number of amides is 3. The third-order valence-corrected chi connectivity index (χ3v) is 3.19. The molecule has 0 aliphatic carbocycles. The number of carbonyl (C=O) groups excluding carboxylic acids is 2. The van der Waals surface area contributed by atoms with Crippen LogP contribution in [-0.2, 0) is 4.79 Å². The number of carbonyl (C=O) groups is 2. The van der Waals surface area contributed by atoms with Crippen LogP contribution >= 0.6 is 0 Å². The lowest BCUT2D eigenvalue weighted by Gasteiger charge is -2.19. The smallest absolute Gasteiger partial charge is 0.321 e. The molecule has 0 heterocycles. The summed E-state index contributed by atoms with van der Waals surface area (Å²) >= 11 is 0. The lowest BCUT2D eigenvalue weighted by molar-refractivity contribution is -0.120. The van der Waals surface area contributed by atoms with Gasteiger partial charge in [0.2, 0.25) is 0 Å². The van der Waals surface area contributed by atoms with Gasteiger partial charge in [0, 0.05) is 12.7 Å². The van der Waals surface area contributed by atoms with Crippen molar-refractivity contribution in [1.29, 1.82) is 0 Å². The van der Waals surface area contributed by atoms with Crippen LogP contribution in [0.4, 0.5) is 10.5 Å². The van der Waals surface area contributed by atoms with Crippen molar-refractivity contribution in [2.45, 2.75) is 13.0 Å². The zero-order valence-electron chi connectivity index (χ0n) is 12.6. The lowest BCUT2D eigenvalue weighted by Crippen LogP contribution is -2.42. The molecule has 0 unspecified atom stereocenters. The Morgan fingerprint density at radius 1 is 1.00 bits per heavy atom. The molecule has 3 N–H and O–H groups in total. The van der Waals surface area contributed by atoms with E-state index in [4.69, 9.17) is 0 Å². The number of hydrogen-bond donors (Lipinski definition) is 3. The van der Waals surface area contributed by atoms with Crippen molar-refractivity contribution in [3.63, 3.8) is 0 Å². The SMILES string of the molecule is CNC(=O)NC(=O)[C@@H](Nc1cccc(C)c1)c1ccccc1. The van der Waals surface area contributed by atoms with Gasteiger partial charge in [0.05, 0.1) is 0 Å². The molecule has 0 spiro atoms. The first-order valence-electron chi connectivity index (χ1n) is 7.01. The molecule has 0 saturated heterocycles. The zero-order valence-corrected chi connectivity index (χ0v) is 12.6. The highest BCUT2D eigenvalue weighted by Crippen LogP contribution is 2.20. The van der Waals surface area contributed by atoms with E-state index in [9.17, 15) is 9.59 Å². The Morgan fingerprint density at radius 3 is 2.36 bits per heavy atom.